The van der Waals surface area contributed by atoms with Crippen molar-refractivity contribution in [3.8, 4) is 0 Å². The van der Waals surface area contributed by atoms with E-state index in [2.05, 4.69) is 53.4 Å². The molecule has 210 valence electrons. The highest BCUT2D eigenvalue weighted by Gasteiger charge is 2.30. The molecule has 0 saturated carbocycles. The van der Waals surface area contributed by atoms with Crippen LogP contribution < -0.4 is 20.9 Å². The number of benzene rings is 2. The zero-order chi connectivity index (χ0) is 28.1. The van der Waals surface area contributed by atoms with Crippen LogP contribution in [0.4, 0.5) is 35.0 Å². The molecule has 38 heavy (non-hydrogen) atoms. The monoisotopic (exact) mass is 552 g/mol. The second-order valence-corrected chi connectivity index (χ2v) is 9.03. The molecule has 0 saturated heterocycles. The molecule has 0 spiro atoms. The number of nitrogens with one attached hydrogen (secondary N) is 3. The third-order valence-corrected chi connectivity index (χ3v) is 6.50. The van der Waals surface area contributed by atoms with Gasteiger partial charge in [-0.05, 0) is 87.7 Å². The van der Waals surface area contributed by atoms with Gasteiger partial charge in [0.05, 0.1) is 5.56 Å². The number of thiocarbonyl (C=S) groups is 1. The molecular formula is C27H39F3N6OS. The second kappa shape index (κ2) is 15.4. The number of hydrogen-bond donors (Lipinski definition) is 3. The maximum absolute atomic E-state index is 13.0. The van der Waals surface area contributed by atoms with E-state index in [0.717, 1.165) is 49.7 Å². The van der Waals surface area contributed by atoms with Crippen molar-refractivity contribution in [2.24, 2.45) is 0 Å². The van der Waals surface area contributed by atoms with Crippen molar-refractivity contribution in [3.63, 3.8) is 0 Å². The van der Waals surface area contributed by atoms with Gasteiger partial charge in [-0.25, -0.2) is 4.79 Å². The first kappa shape index (κ1) is 31.2. The molecule has 7 nitrogen and oxygen atoms in total. The van der Waals surface area contributed by atoms with Gasteiger partial charge in [0, 0.05) is 56.3 Å². The minimum absolute atomic E-state index is 0.300. The van der Waals surface area contributed by atoms with Crippen molar-refractivity contribution < 1.29 is 18.0 Å². The lowest BCUT2D eigenvalue weighted by Crippen LogP contribution is -2.45. The number of carbonyl (C=O) groups is 1. The molecule has 0 heterocycles. The van der Waals surface area contributed by atoms with E-state index in [9.17, 15) is 18.0 Å². The van der Waals surface area contributed by atoms with Gasteiger partial charge < -0.3 is 30.7 Å². The van der Waals surface area contributed by atoms with Crippen LogP contribution in [0.1, 0.15) is 33.3 Å². The van der Waals surface area contributed by atoms with E-state index in [1.54, 1.807) is 4.90 Å². The molecule has 2 amide bonds. The number of urea groups is 1. The van der Waals surface area contributed by atoms with Gasteiger partial charge >= 0.3 is 12.2 Å². The maximum Gasteiger partial charge on any atom is 0.416 e. The second-order valence-electron chi connectivity index (χ2n) is 8.62. The molecule has 3 N–H and O–H groups in total. The summed E-state index contributed by atoms with van der Waals surface area (Å²) in [6.07, 6.45) is -4.43. The van der Waals surface area contributed by atoms with Crippen LogP contribution >= 0.6 is 12.2 Å². The standard InChI is InChI=1S/C27H39F3N6OS/c1-5-34(6-2)19-20-36(26(37)33-23-11-9-21(10-12-23)27(28,29)30)18-17-31-25(38)32-22-13-15-24(16-14-22)35(7-3)8-4/h9-16H,5-8,17-20H2,1-4H3,(H,33,37)(H2,31,32,38). The first-order valence-electron chi connectivity index (χ1n) is 13.0. The van der Waals surface area contributed by atoms with Crippen LogP contribution in [0, 0.1) is 0 Å². The van der Waals surface area contributed by atoms with Crippen molar-refractivity contribution in [1.82, 2.24) is 15.1 Å². The van der Waals surface area contributed by atoms with Gasteiger partial charge in [0.2, 0.25) is 0 Å². The summed E-state index contributed by atoms with van der Waals surface area (Å²) >= 11 is 5.42. The van der Waals surface area contributed by atoms with Crippen molar-refractivity contribution in [2.75, 3.05) is 67.9 Å². The van der Waals surface area contributed by atoms with Crippen LogP contribution in [0.15, 0.2) is 48.5 Å². The highest BCUT2D eigenvalue weighted by molar-refractivity contribution is 7.80. The summed E-state index contributed by atoms with van der Waals surface area (Å²) in [7, 11) is 0. The minimum atomic E-state index is -4.43. The third kappa shape index (κ3) is 10.0. The maximum atomic E-state index is 13.0. The van der Waals surface area contributed by atoms with Crippen molar-refractivity contribution in [1.29, 1.82) is 0 Å². The van der Waals surface area contributed by atoms with E-state index in [4.69, 9.17) is 12.2 Å². The Kier molecular flexibility index (Phi) is 12.6. The predicted octanol–water partition coefficient (Wildman–Crippen LogP) is 5.71. The zero-order valence-electron chi connectivity index (χ0n) is 22.6. The average molecular weight is 553 g/mol. The van der Waals surface area contributed by atoms with Gasteiger partial charge in [-0.3, -0.25) is 0 Å². The van der Waals surface area contributed by atoms with Crippen LogP contribution in [0.25, 0.3) is 0 Å². The first-order valence-corrected chi connectivity index (χ1v) is 13.4. The summed E-state index contributed by atoms with van der Waals surface area (Å²) in [5, 5.41) is 9.43. The van der Waals surface area contributed by atoms with Gasteiger partial charge in [-0.15, -0.1) is 0 Å². The Bertz CT molecular complexity index is 993. The summed E-state index contributed by atoms with van der Waals surface area (Å²) in [5.74, 6) is 0. The van der Waals surface area contributed by atoms with Crippen LogP contribution in [0.3, 0.4) is 0 Å². The molecule has 0 aliphatic rings. The lowest BCUT2D eigenvalue weighted by molar-refractivity contribution is -0.137. The molecule has 0 bridgehead atoms. The molecule has 0 aliphatic heterocycles. The fraction of sp³-hybridized carbons (Fsp3) is 0.481. The van der Waals surface area contributed by atoms with Crippen LogP contribution in [-0.2, 0) is 6.18 Å². The molecule has 0 fully saturated rings. The molecule has 0 radical (unpaired) electrons. The summed E-state index contributed by atoms with van der Waals surface area (Å²) in [6, 6.07) is 12.1. The van der Waals surface area contributed by atoms with Crippen molar-refractivity contribution in [3.05, 3.63) is 54.1 Å². The van der Waals surface area contributed by atoms with E-state index < -0.39 is 11.7 Å². The van der Waals surface area contributed by atoms with Gasteiger partial charge in [-0.1, -0.05) is 13.8 Å². The summed E-state index contributed by atoms with van der Waals surface area (Å²) in [4.78, 5) is 19.1. The molecular weight excluding hydrogens is 513 g/mol. The normalized spacial score (nSPS) is 11.3. The molecule has 0 unspecified atom stereocenters. The van der Waals surface area contributed by atoms with Crippen molar-refractivity contribution >= 4 is 40.4 Å². The Labute approximate surface area is 229 Å². The Balaban J connectivity index is 1.95. The quantitative estimate of drug-likeness (QED) is 0.277. The fourth-order valence-electron chi connectivity index (χ4n) is 3.89. The SMILES string of the molecule is CCN(CC)CCN(CCNC(=S)Nc1ccc(N(CC)CC)cc1)C(=O)Nc1ccc(C(F)(F)F)cc1. The number of hydrogen-bond acceptors (Lipinski definition) is 4. The number of alkyl halides is 3. The Morgan fingerprint density at radius 1 is 0.789 bits per heavy atom. The lowest BCUT2D eigenvalue weighted by Gasteiger charge is -2.27. The smallest absolute Gasteiger partial charge is 0.372 e. The van der Waals surface area contributed by atoms with E-state index >= 15 is 0 Å². The number of rotatable bonds is 13. The Morgan fingerprint density at radius 2 is 1.34 bits per heavy atom. The van der Waals surface area contributed by atoms with Gasteiger partial charge in [0.15, 0.2) is 5.11 Å². The largest absolute Gasteiger partial charge is 0.416 e. The molecule has 0 aliphatic carbocycles. The number of anilines is 3. The number of likely N-dealkylation sites (N-methyl/N-ethyl adjacent to an activating group) is 1. The Hall–Kier alpha value is -3.05. The van der Waals surface area contributed by atoms with E-state index in [-0.39, 0.29) is 6.03 Å². The highest BCUT2D eigenvalue weighted by atomic mass is 32.1. The van der Waals surface area contributed by atoms with E-state index in [0.29, 0.717) is 37.0 Å². The molecule has 0 aromatic heterocycles. The van der Waals surface area contributed by atoms with Gasteiger partial charge in [0.1, 0.15) is 0 Å². The Morgan fingerprint density at radius 3 is 1.87 bits per heavy atom. The first-order chi connectivity index (χ1) is 18.1. The summed E-state index contributed by atoms with van der Waals surface area (Å²) in [5.41, 5.74) is 1.54. The van der Waals surface area contributed by atoms with E-state index in [1.165, 1.54) is 12.1 Å². The average Bonchev–Trinajstić information content (AvgIpc) is 2.89. The van der Waals surface area contributed by atoms with E-state index in [1.807, 2.05) is 24.3 Å². The third-order valence-electron chi connectivity index (χ3n) is 6.25. The topological polar surface area (TPSA) is 62.9 Å². The lowest BCUT2D eigenvalue weighted by atomic mass is 10.2. The molecule has 11 heteroatoms. The zero-order valence-corrected chi connectivity index (χ0v) is 23.4. The van der Waals surface area contributed by atoms with Gasteiger partial charge in [-0.2, -0.15) is 13.2 Å². The van der Waals surface area contributed by atoms with Gasteiger partial charge in [0.25, 0.3) is 0 Å². The van der Waals surface area contributed by atoms with Crippen LogP contribution in [-0.4, -0.2) is 73.3 Å². The number of nitrogens with zero attached hydrogens (tertiary/aromatic N) is 3. The van der Waals surface area contributed by atoms with Crippen molar-refractivity contribution in [2.45, 2.75) is 33.9 Å². The highest BCUT2D eigenvalue weighted by Crippen LogP contribution is 2.29. The van der Waals surface area contributed by atoms with Crippen LogP contribution in [0.2, 0.25) is 0 Å². The van der Waals surface area contributed by atoms with Crippen LogP contribution in [0.5, 0.6) is 0 Å². The molecule has 0 atom stereocenters. The number of halogens is 3. The number of carbonyl (C=O) groups excluding carboxylic acids is 1. The summed E-state index contributed by atoms with van der Waals surface area (Å²) < 4.78 is 38.6. The summed E-state index contributed by atoms with van der Waals surface area (Å²) in [6.45, 7) is 13.8. The molecule has 2 aromatic carbocycles. The number of amides is 2. The predicted molar refractivity (Wildman–Crippen MR) is 154 cm³/mol. The molecule has 2 rings (SSSR count). The molecule has 2 aromatic rings. The fourth-order valence-corrected chi connectivity index (χ4v) is 4.11. The minimum Gasteiger partial charge on any atom is -0.372 e.